The molecular formula is C11H18ClN. The molecule has 1 rings (SSSR count). The molecular weight excluding hydrogens is 182 g/mol. The van der Waals surface area contributed by atoms with E-state index in [1.54, 1.807) is 0 Å². The van der Waals surface area contributed by atoms with Crippen LogP contribution in [-0.2, 0) is 13.0 Å². The largest absolute Gasteiger partial charge is 1.00 e. The van der Waals surface area contributed by atoms with Crippen LogP contribution >= 0.6 is 0 Å². The first-order valence-corrected chi connectivity index (χ1v) is 4.84. The predicted molar refractivity (Wildman–Crippen MR) is 50.9 cm³/mol. The van der Waals surface area contributed by atoms with Crippen LogP contribution in [0.4, 0.5) is 0 Å². The Morgan fingerprint density at radius 3 is 2.69 bits per heavy atom. The van der Waals surface area contributed by atoms with Crippen molar-refractivity contribution in [1.82, 2.24) is 0 Å². The minimum absolute atomic E-state index is 0. The molecule has 74 valence electrons. The molecule has 0 aliphatic heterocycles. The number of pyridine rings is 1. The SMILES string of the molecule is CCCCc1ccc[n+](CC)c1.[Cl-]. The second-order valence-corrected chi connectivity index (χ2v) is 3.15. The molecule has 0 aromatic carbocycles. The fraction of sp³-hybridized carbons (Fsp3) is 0.545. The average molecular weight is 200 g/mol. The maximum Gasteiger partial charge on any atom is 0.171 e. The molecule has 0 fully saturated rings. The highest BCUT2D eigenvalue weighted by molar-refractivity contribution is 5.05. The summed E-state index contributed by atoms with van der Waals surface area (Å²) in [4.78, 5) is 0. The van der Waals surface area contributed by atoms with Crippen molar-refractivity contribution in [3.63, 3.8) is 0 Å². The third kappa shape index (κ3) is 4.28. The second-order valence-electron chi connectivity index (χ2n) is 3.15. The van der Waals surface area contributed by atoms with Gasteiger partial charge in [-0.3, -0.25) is 0 Å². The summed E-state index contributed by atoms with van der Waals surface area (Å²) in [7, 11) is 0. The Balaban J connectivity index is 0.00000144. The van der Waals surface area contributed by atoms with Crippen molar-refractivity contribution in [3.05, 3.63) is 30.1 Å². The second kappa shape index (κ2) is 6.90. The third-order valence-electron chi connectivity index (χ3n) is 2.10. The molecule has 1 heterocycles. The lowest BCUT2D eigenvalue weighted by atomic mass is 10.1. The number of unbranched alkanes of at least 4 members (excludes halogenated alkanes) is 1. The number of halogens is 1. The van der Waals surface area contributed by atoms with Gasteiger partial charge in [0.05, 0.1) is 0 Å². The van der Waals surface area contributed by atoms with E-state index in [1.807, 2.05) is 0 Å². The first kappa shape index (κ1) is 12.4. The van der Waals surface area contributed by atoms with Crippen LogP contribution in [0.2, 0.25) is 0 Å². The van der Waals surface area contributed by atoms with E-state index >= 15 is 0 Å². The Labute approximate surface area is 87.2 Å². The topological polar surface area (TPSA) is 3.88 Å². The van der Waals surface area contributed by atoms with Crippen LogP contribution in [-0.4, -0.2) is 0 Å². The fourth-order valence-electron chi connectivity index (χ4n) is 1.30. The number of rotatable bonds is 4. The van der Waals surface area contributed by atoms with E-state index in [1.165, 1.54) is 24.8 Å². The Hall–Kier alpha value is -0.560. The summed E-state index contributed by atoms with van der Waals surface area (Å²) in [6, 6.07) is 4.34. The Bertz CT molecular complexity index is 235. The molecule has 0 atom stereocenters. The van der Waals surface area contributed by atoms with Gasteiger partial charge in [0, 0.05) is 11.6 Å². The van der Waals surface area contributed by atoms with E-state index in [-0.39, 0.29) is 12.4 Å². The highest BCUT2D eigenvalue weighted by Crippen LogP contribution is 2.01. The lowest BCUT2D eigenvalue weighted by Gasteiger charge is -1.97. The number of aromatic nitrogens is 1. The third-order valence-corrected chi connectivity index (χ3v) is 2.10. The minimum Gasteiger partial charge on any atom is -1.00 e. The van der Waals surface area contributed by atoms with Crippen molar-refractivity contribution in [1.29, 1.82) is 0 Å². The monoisotopic (exact) mass is 199 g/mol. The van der Waals surface area contributed by atoms with Crippen molar-refractivity contribution in [3.8, 4) is 0 Å². The van der Waals surface area contributed by atoms with E-state index in [0.717, 1.165) is 6.54 Å². The van der Waals surface area contributed by atoms with Crippen LogP contribution in [0.25, 0.3) is 0 Å². The molecule has 0 spiro atoms. The summed E-state index contributed by atoms with van der Waals surface area (Å²) in [5, 5.41) is 0. The Morgan fingerprint density at radius 1 is 1.31 bits per heavy atom. The van der Waals surface area contributed by atoms with Crippen LogP contribution < -0.4 is 17.0 Å². The summed E-state index contributed by atoms with van der Waals surface area (Å²) in [5.41, 5.74) is 1.46. The van der Waals surface area contributed by atoms with Gasteiger partial charge in [-0.25, -0.2) is 4.57 Å². The zero-order valence-electron chi connectivity index (χ0n) is 8.46. The van der Waals surface area contributed by atoms with Crippen LogP contribution in [0.1, 0.15) is 32.3 Å². The molecule has 0 amide bonds. The summed E-state index contributed by atoms with van der Waals surface area (Å²) >= 11 is 0. The first-order valence-electron chi connectivity index (χ1n) is 4.84. The molecule has 2 heteroatoms. The fourth-order valence-corrected chi connectivity index (χ4v) is 1.30. The van der Waals surface area contributed by atoms with Crippen molar-refractivity contribution < 1.29 is 17.0 Å². The van der Waals surface area contributed by atoms with Gasteiger partial charge in [-0.2, -0.15) is 0 Å². The van der Waals surface area contributed by atoms with E-state index in [4.69, 9.17) is 0 Å². The van der Waals surface area contributed by atoms with E-state index in [9.17, 15) is 0 Å². The van der Waals surface area contributed by atoms with Gasteiger partial charge in [0.15, 0.2) is 12.4 Å². The van der Waals surface area contributed by atoms with Gasteiger partial charge in [-0.1, -0.05) is 13.3 Å². The van der Waals surface area contributed by atoms with Crippen molar-refractivity contribution in [2.24, 2.45) is 0 Å². The first-order chi connectivity index (χ1) is 5.86. The van der Waals surface area contributed by atoms with Gasteiger partial charge in [0.1, 0.15) is 6.54 Å². The normalized spacial score (nSPS) is 9.38. The molecule has 0 aliphatic rings. The highest BCUT2D eigenvalue weighted by atomic mass is 35.5. The standard InChI is InChI=1S/C11H18N.ClH/c1-3-5-7-11-8-6-9-12(4-2)10-11;/h6,8-10H,3-5,7H2,1-2H3;1H/q+1;/p-1. The van der Waals surface area contributed by atoms with Gasteiger partial charge >= 0.3 is 0 Å². The Morgan fingerprint density at radius 2 is 2.08 bits per heavy atom. The average Bonchev–Trinajstić information content (AvgIpc) is 2.15. The van der Waals surface area contributed by atoms with Crippen LogP contribution in [0.5, 0.6) is 0 Å². The van der Waals surface area contributed by atoms with E-state index in [2.05, 4.69) is 42.9 Å². The lowest BCUT2D eigenvalue weighted by Crippen LogP contribution is -3.00. The molecule has 0 unspecified atom stereocenters. The molecule has 0 bridgehead atoms. The molecule has 0 saturated heterocycles. The summed E-state index contributed by atoms with van der Waals surface area (Å²) in [6.07, 6.45) is 8.16. The summed E-state index contributed by atoms with van der Waals surface area (Å²) in [5.74, 6) is 0. The molecule has 1 aromatic heterocycles. The minimum atomic E-state index is 0. The Kier molecular flexibility index (Phi) is 6.61. The summed E-state index contributed by atoms with van der Waals surface area (Å²) < 4.78 is 2.23. The number of aryl methyl sites for hydroxylation is 2. The molecule has 0 N–H and O–H groups in total. The molecule has 0 saturated carbocycles. The smallest absolute Gasteiger partial charge is 0.171 e. The maximum absolute atomic E-state index is 2.25. The lowest BCUT2D eigenvalue weighted by molar-refractivity contribution is -0.694. The maximum atomic E-state index is 2.25. The molecule has 1 nitrogen and oxygen atoms in total. The van der Waals surface area contributed by atoms with Crippen molar-refractivity contribution in [2.45, 2.75) is 39.7 Å². The molecule has 13 heavy (non-hydrogen) atoms. The van der Waals surface area contributed by atoms with Crippen molar-refractivity contribution >= 4 is 0 Å². The van der Waals surface area contributed by atoms with Gasteiger partial charge in [0.25, 0.3) is 0 Å². The number of nitrogens with zero attached hydrogens (tertiary/aromatic N) is 1. The van der Waals surface area contributed by atoms with E-state index in [0.29, 0.717) is 0 Å². The quantitative estimate of drug-likeness (QED) is 0.567. The van der Waals surface area contributed by atoms with Crippen LogP contribution in [0.15, 0.2) is 24.5 Å². The van der Waals surface area contributed by atoms with Gasteiger partial charge in [-0.05, 0) is 25.8 Å². The molecule has 0 radical (unpaired) electrons. The number of hydrogen-bond acceptors (Lipinski definition) is 0. The highest BCUT2D eigenvalue weighted by Gasteiger charge is 1.98. The van der Waals surface area contributed by atoms with Gasteiger partial charge < -0.3 is 12.4 Å². The number of hydrogen-bond donors (Lipinski definition) is 0. The molecule has 0 aliphatic carbocycles. The molecule has 1 aromatic rings. The van der Waals surface area contributed by atoms with E-state index < -0.39 is 0 Å². The van der Waals surface area contributed by atoms with Gasteiger partial charge in [0.2, 0.25) is 0 Å². The van der Waals surface area contributed by atoms with Crippen LogP contribution in [0, 0.1) is 0 Å². The zero-order chi connectivity index (χ0) is 8.81. The predicted octanol–water partition coefficient (Wildman–Crippen LogP) is -0.659. The summed E-state index contributed by atoms with van der Waals surface area (Å²) in [6.45, 7) is 5.47. The zero-order valence-corrected chi connectivity index (χ0v) is 9.22. The van der Waals surface area contributed by atoms with Crippen LogP contribution in [0.3, 0.4) is 0 Å². The van der Waals surface area contributed by atoms with Gasteiger partial charge in [-0.15, -0.1) is 0 Å². The van der Waals surface area contributed by atoms with Crippen molar-refractivity contribution in [2.75, 3.05) is 0 Å².